The Hall–Kier alpha value is -7.23. The molecular formula is C51H33N3. The molecule has 3 nitrogen and oxygen atoms in total. The lowest BCUT2D eigenvalue weighted by Crippen LogP contribution is -2.00. The highest BCUT2D eigenvalue weighted by Gasteiger charge is 2.16. The van der Waals surface area contributed by atoms with Crippen molar-refractivity contribution in [1.82, 2.24) is 15.0 Å². The maximum Gasteiger partial charge on any atom is 0.164 e. The van der Waals surface area contributed by atoms with Gasteiger partial charge in [0.15, 0.2) is 17.5 Å². The van der Waals surface area contributed by atoms with Crippen molar-refractivity contribution >= 4 is 32.3 Å². The van der Waals surface area contributed by atoms with Gasteiger partial charge in [-0.05, 0) is 96.0 Å². The van der Waals surface area contributed by atoms with Gasteiger partial charge in [0.25, 0.3) is 0 Å². The normalized spacial score (nSPS) is 14.7. The van der Waals surface area contributed by atoms with E-state index in [4.69, 9.17) is 28.7 Å². The lowest BCUT2D eigenvalue weighted by molar-refractivity contribution is 1.08. The van der Waals surface area contributed by atoms with Crippen LogP contribution >= 0.6 is 0 Å². The molecule has 0 atom stereocenters. The van der Waals surface area contributed by atoms with Crippen molar-refractivity contribution in [3.8, 4) is 67.5 Å². The maximum absolute atomic E-state index is 9.91. The predicted octanol–water partition coefficient (Wildman–Crippen LogP) is 13.3. The summed E-state index contributed by atoms with van der Waals surface area (Å²) in [5, 5.41) is 0.224. The van der Waals surface area contributed by atoms with E-state index >= 15 is 0 Å². The molecule has 0 N–H and O–H groups in total. The molecule has 10 rings (SSSR count). The van der Waals surface area contributed by atoms with E-state index in [-0.39, 0.29) is 33.8 Å². The third-order valence-corrected chi connectivity index (χ3v) is 9.29. The van der Waals surface area contributed by atoms with Gasteiger partial charge in [-0.3, -0.25) is 0 Å². The minimum absolute atomic E-state index is 0.147. The van der Waals surface area contributed by atoms with Crippen LogP contribution in [0.5, 0.6) is 0 Å². The molecule has 0 aliphatic rings. The lowest BCUT2D eigenvalue weighted by atomic mass is 9.92. The molecule has 0 saturated heterocycles. The predicted molar refractivity (Wildman–Crippen MR) is 225 cm³/mol. The van der Waals surface area contributed by atoms with Gasteiger partial charge in [-0.25, -0.2) is 15.0 Å². The van der Waals surface area contributed by atoms with E-state index in [0.717, 1.165) is 33.0 Å². The molecule has 1 heterocycles. The number of fused-ring (bicyclic) bond motifs is 3. The third kappa shape index (κ3) is 5.88. The first kappa shape index (κ1) is 20.7. The lowest BCUT2D eigenvalue weighted by Gasteiger charge is -2.14. The topological polar surface area (TPSA) is 38.7 Å². The quantitative estimate of drug-likeness (QED) is 0.173. The Labute approximate surface area is 332 Å². The largest absolute Gasteiger partial charge is 0.208 e. The van der Waals surface area contributed by atoms with Gasteiger partial charge >= 0.3 is 0 Å². The zero-order valence-electron chi connectivity index (χ0n) is 41.4. The molecular weight excluding hydrogens is 655 g/mol. The van der Waals surface area contributed by atoms with Gasteiger partial charge in [-0.1, -0.05) is 170 Å². The van der Waals surface area contributed by atoms with E-state index in [2.05, 4.69) is 36.4 Å². The smallest absolute Gasteiger partial charge is 0.164 e. The van der Waals surface area contributed by atoms with Gasteiger partial charge < -0.3 is 0 Å². The molecule has 0 aliphatic heterocycles. The molecule has 3 heteroatoms. The first-order valence-corrected chi connectivity index (χ1v) is 17.2. The van der Waals surface area contributed by atoms with Crippen LogP contribution in [0.2, 0.25) is 0 Å². The fourth-order valence-corrected chi connectivity index (χ4v) is 6.64. The van der Waals surface area contributed by atoms with Crippen LogP contribution in [0.1, 0.15) is 17.8 Å². The van der Waals surface area contributed by atoms with Crippen LogP contribution in [-0.2, 0) is 0 Å². The van der Waals surface area contributed by atoms with E-state index in [1.807, 2.05) is 60.7 Å². The Balaban J connectivity index is 1.23. The fourth-order valence-electron chi connectivity index (χ4n) is 6.64. The summed E-state index contributed by atoms with van der Waals surface area (Å²) in [5.74, 6) is 0.0650. The highest BCUT2D eigenvalue weighted by molar-refractivity contribution is 6.07. The second kappa shape index (κ2) is 13.4. The monoisotopic (exact) mass is 700 g/mol. The average molecular weight is 701 g/mol. The maximum atomic E-state index is 9.91. The van der Waals surface area contributed by atoms with Gasteiger partial charge in [0, 0.05) is 16.7 Å². The van der Waals surface area contributed by atoms with Gasteiger partial charge in [-0.15, -0.1) is 0 Å². The Morgan fingerprint density at radius 2 is 0.833 bits per heavy atom. The molecule has 54 heavy (non-hydrogen) atoms. The molecule has 0 unspecified atom stereocenters. The second-order valence-electron chi connectivity index (χ2n) is 12.6. The van der Waals surface area contributed by atoms with E-state index < -0.39 is 100 Å². The number of aromatic nitrogens is 3. The molecule has 0 fully saturated rings. The van der Waals surface area contributed by atoms with Crippen molar-refractivity contribution < 1.29 is 17.8 Å². The fraction of sp³-hybridized carbons (Fsp3) is 0. The zero-order valence-corrected chi connectivity index (χ0v) is 28.4. The van der Waals surface area contributed by atoms with Crippen LogP contribution < -0.4 is 0 Å². The van der Waals surface area contributed by atoms with Crippen LogP contribution in [0.25, 0.3) is 99.9 Å². The molecule has 252 valence electrons. The highest BCUT2D eigenvalue weighted by Crippen LogP contribution is 2.38. The SMILES string of the molecule is [2H]c1c([2H])c([2H])c2c(-c3c([2H])c(-c4nc(-c5ccccc5)nc(-c5ccc6cc(-c7cccc(-c8ccccc8)c7)ccc6c5)n4)c([2H])c4c([2H])c([2H])c([2H])c([2H])c34)c([2H])c([2H])c([2H])c2c1[2H]. The van der Waals surface area contributed by atoms with Gasteiger partial charge in [0.1, 0.15) is 0 Å². The van der Waals surface area contributed by atoms with Crippen molar-refractivity contribution in [2.75, 3.05) is 0 Å². The van der Waals surface area contributed by atoms with Crippen molar-refractivity contribution in [2.24, 2.45) is 0 Å². The van der Waals surface area contributed by atoms with E-state index in [1.165, 1.54) is 0 Å². The minimum atomic E-state index is -0.740. The van der Waals surface area contributed by atoms with Crippen molar-refractivity contribution in [3.63, 3.8) is 0 Å². The van der Waals surface area contributed by atoms with Crippen LogP contribution in [0.4, 0.5) is 0 Å². The molecule has 9 aromatic carbocycles. The molecule has 0 bridgehead atoms. The second-order valence-corrected chi connectivity index (χ2v) is 12.6. The summed E-state index contributed by atoms with van der Waals surface area (Å²) in [6.07, 6.45) is 0. The molecule has 10 aromatic rings. The third-order valence-electron chi connectivity index (χ3n) is 9.29. The van der Waals surface area contributed by atoms with Crippen LogP contribution in [0, 0.1) is 0 Å². The molecule has 0 radical (unpaired) electrons. The van der Waals surface area contributed by atoms with E-state index in [9.17, 15) is 4.11 Å². The van der Waals surface area contributed by atoms with Crippen LogP contribution in [0.3, 0.4) is 0 Å². The number of benzene rings is 9. The first-order valence-electron chi connectivity index (χ1n) is 23.7. The Morgan fingerprint density at radius 1 is 0.315 bits per heavy atom. The highest BCUT2D eigenvalue weighted by atomic mass is 15.0. The summed E-state index contributed by atoms with van der Waals surface area (Å²) in [6, 6.07) is 30.4. The molecule has 0 amide bonds. The van der Waals surface area contributed by atoms with Gasteiger partial charge in [-0.2, -0.15) is 0 Å². The number of hydrogen-bond acceptors (Lipinski definition) is 3. The summed E-state index contributed by atoms with van der Waals surface area (Å²) in [7, 11) is 0. The summed E-state index contributed by atoms with van der Waals surface area (Å²) in [4.78, 5) is 14.5. The van der Waals surface area contributed by atoms with Crippen LogP contribution in [-0.4, -0.2) is 15.0 Å². The number of nitrogens with zero attached hydrogens (tertiary/aromatic N) is 3. The average Bonchev–Trinajstić information content (AvgIpc) is 3.35. The van der Waals surface area contributed by atoms with Crippen molar-refractivity contribution in [3.05, 3.63) is 200 Å². The zero-order chi connectivity index (χ0) is 47.2. The van der Waals surface area contributed by atoms with E-state index in [1.54, 1.807) is 24.3 Å². The van der Waals surface area contributed by atoms with Crippen molar-refractivity contribution in [1.29, 1.82) is 0 Å². The standard InChI is InChI=1S/C51H33N3/c1-3-13-34(14-4-1)37-20-11-21-38(29-37)39-25-26-41-31-43(28-27-40(41)30-39)50-52-49(36-16-5-2-6-17-36)53-51(54-50)44-32-42-18-8-10-23-46(42)48(33-44)47-24-12-19-35-15-7-9-22-45(35)47/h1-33H/i7D,8D,9D,10D,12D,15D,18D,19D,22D,23D,24D,32D,33D. The summed E-state index contributed by atoms with van der Waals surface area (Å²) in [6.45, 7) is 0. The van der Waals surface area contributed by atoms with Gasteiger partial charge in [0.2, 0.25) is 0 Å². The summed E-state index contributed by atoms with van der Waals surface area (Å²) >= 11 is 0. The van der Waals surface area contributed by atoms with Crippen LogP contribution in [0.15, 0.2) is 200 Å². The summed E-state index contributed by atoms with van der Waals surface area (Å²) < 4.78 is 116. The van der Waals surface area contributed by atoms with E-state index in [0.29, 0.717) is 11.1 Å². The van der Waals surface area contributed by atoms with Gasteiger partial charge in [0.05, 0.1) is 17.8 Å². The Bertz CT molecular complexity index is 3730. The van der Waals surface area contributed by atoms with Crippen molar-refractivity contribution in [2.45, 2.75) is 0 Å². The molecule has 0 aliphatic carbocycles. The summed E-state index contributed by atoms with van der Waals surface area (Å²) in [5.41, 5.74) is 4.17. The Morgan fingerprint density at radius 3 is 1.57 bits per heavy atom. The number of rotatable bonds is 6. The molecule has 0 spiro atoms. The molecule has 0 saturated carbocycles. The minimum Gasteiger partial charge on any atom is -0.208 e. The molecule has 1 aromatic heterocycles. The first-order chi connectivity index (χ1) is 32.2. The Kier molecular flexibility index (Phi) is 5.14. The number of hydrogen-bond donors (Lipinski definition) is 0.